The molecule has 1 aliphatic heterocycles. The molecule has 2 aromatic carbocycles. The van der Waals surface area contributed by atoms with E-state index in [4.69, 9.17) is 27.9 Å². The summed E-state index contributed by atoms with van der Waals surface area (Å²) in [6.45, 7) is 1.89. The number of morpholine rings is 1. The van der Waals surface area contributed by atoms with Gasteiger partial charge in [-0.05, 0) is 18.2 Å². The topological polar surface area (TPSA) is 68.5 Å². The predicted octanol–water partition coefficient (Wildman–Crippen LogP) is 5.09. The number of benzene rings is 2. The van der Waals surface area contributed by atoms with E-state index in [1.54, 1.807) is 18.2 Å². The fraction of sp³-hybridized carbons (Fsp3) is 0.211. The van der Waals surface area contributed by atoms with Gasteiger partial charge in [0.1, 0.15) is 17.7 Å². The number of halogens is 3. The third-order valence-corrected chi connectivity index (χ3v) is 5.50. The van der Waals surface area contributed by atoms with Crippen LogP contribution in [0.5, 0.6) is 0 Å². The molecule has 0 spiro atoms. The first-order valence-corrected chi connectivity index (χ1v) is 9.27. The van der Waals surface area contributed by atoms with E-state index in [9.17, 15) is 14.5 Å². The Bertz CT molecular complexity index is 1090. The number of hydrogen-bond acceptors (Lipinski definition) is 5. The van der Waals surface area contributed by atoms with E-state index in [1.165, 1.54) is 12.1 Å². The molecule has 144 valence electrons. The lowest BCUT2D eigenvalue weighted by Gasteiger charge is -2.29. The Hall–Kier alpha value is -2.48. The molecule has 0 saturated carbocycles. The Morgan fingerprint density at radius 1 is 1.18 bits per heavy atom. The number of fused-ring (bicyclic) bond motifs is 1. The van der Waals surface area contributed by atoms with Crippen LogP contribution in [0.25, 0.3) is 22.0 Å². The number of anilines is 1. The molecule has 1 saturated heterocycles. The minimum atomic E-state index is -0.536. The van der Waals surface area contributed by atoms with Crippen molar-refractivity contribution in [2.75, 3.05) is 31.2 Å². The van der Waals surface area contributed by atoms with Gasteiger partial charge < -0.3 is 9.64 Å². The zero-order valence-corrected chi connectivity index (χ0v) is 16.0. The number of hydrogen-bond donors (Lipinski definition) is 0. The maximum absolute atomic E-state index is 14.8. The number of pyridine rings is 1. The second kappa shape index (κ2) is 7.50. The molecule has 6 nitrogen and oxygen atoms in total. The molecule has 28 heavy (non-hydrogen) atoms. The normalized spacial score (nSPS) is 14.5. The third kappa shape index (κ3) is 3.15. The summed E-state index contributed by atoms with van der Waals surface area (Å²) in [5.74, 6) is -0.536. The average Bonchev–Trinajstić information content (AvgIpc) is 2.70. The maximum Gasteiger partial charge on any atom is 0.311 e. The Kier molecular flexibility index (Phi) is 5.05. The molecular weight excluding hydrogens is 408 g/mol. The number of nitro groups is 1. The van der Waals surface area contributed by atoms with Gasteiger partial charge in [0.15, 0.2) is 0 Å². The second-order valence-corrected chi connectivity index (χ2v) is 7.05. The summed E-state index contributed by atoms with van der Waals surface area (Å²) in [4.78, 5) is 17.2. The van der Waals surface area contributed by atoms with Crippen molar-refractivity contribution in [3.63, 3.8) is 0 Å². The van der Waals surface area contributed by atoms with E-state index < -0.39 is 10.7 Å². The van der Waals surface area contributed by atoms with Crippen LogP contribution in [-0.2, 0) is 4.74 Å². The molecular formula is C19H14Cl2FN3O3. The van der Waals surface area contributed by atoms with E-state index in [-0.39, 0.29) is 26.8 Å². The minimum Gasteiger partial charge on any atom is -0.378 e. The van der Waals surface area contributed by atoms with Crippen LogP contribution in [0.4, 0.5) is 15.8 Å². The molecule has 3 aromatic rings. The van der Waals surface area contributed by atoms with E-state index in [1.807, 2.05) is 4.90 Å². The van der Waals surface area contributed by atoms with Gasteiger partial charge in [0.25, 0.3) is 0 Å². The van der Waals surface area contributed by atoms with E-state index >= 15 is 0 Å². The molecule has 1 fully saturated rings. The second-order valence-electron chi connectivity index (χ2n) is 6.27. The molecule has 0 unspecified atom stereocenters. The number of nitrogens with zero attached hydrogens (tertiary/aromatic N) is 3. The van der Waals surface area contributed by atoms with Crippen molar-refractivity contribution in [3.8, 4) is 11.1 Å². The summed E-state index contributed by atoms with van der Waals surface area (Å²) in [6, 6.07) is 7.69. The Morgan fingerprint density at radius 3 is 2.64 bits per heavy atom. The fourth-order valence-corrected chi connectivity index (χ4v) is 3.82. The van der Waals surface area contributed by atoms with Crippen molar-refractivity contribution >= 4 is 45.5 Å². The Labute approximate surface area is 169 Å². The van der Waals surface area contributed by atoms with Crippen LogP contribution >= 0.6 is 23.2 Å². The quantitative estimate of drug-likeness (QED) is 0.434. The van der Waals surface area contributed by atoms with Gasteiger partial charge in [0.2, 0.25) is 0 Å². The molecule has 1 aromatic heterocycles. The average molecular weight is 422 g/mol. The molecule has 1 aliphatic rings. The first kappa shape index (κ1) is 18.9. The first-order valence-electron chi connectivity index (χ1n) is 8.51. The largest absolute Gasteiger partial charge is 0.378 e. The lowest BCUT2D eigenvalue weighted by atomic mass is 9.99. The Morgan fingerprint density at radius 2 is 1.93 bits per heavy atom. The smallest absolute Gasteiger partial charge is 0.311 e. The number of ether oxygens (including phenoxy) is 1. The van der Waals surface area contributed by atoms with Crippen molar-refractivity contribution < 1.29 is 14.1 Å². The van der Waals surface area contributed by atoms with Crippen LogP contribution in [0.1, 0.15) is 0 Å². The molecule has 0 atom stereocenters. The summed E-state index contributed by atoms with van der Waals surface area (Å²) in [6.07, 6.45) is 1.16. The van der Waals surface area contributed by atoms with Gasteiger partial charge in [0, 0.05) is 29.6 Å². The van der Waals surface area contributed by atoms with Crippen LogP contribution < -0.4 is 4.90 Å². The van der Waals surface area contributed by atoms with Crippen molar-refractivity contribution in [1.82, 2.24) is 4.98 Å². The van der Waals surface area contributed by atoms with E-state index in [2.05, 4.69) is 4.98 Å². The van der Waals surface area contributed by atoms with Crippen LogP contribution in [-0.4, -0.2) is 36.2 Å². The van der Waals surface area contributed by atoms with Crippen LogP contribution in [0.2, 0.25) is 10.0 Å². The zero-order chi connectivity index (χ0) is 19.8. The maximum atomic E-state index is 14.8. The zero-order valence-electron chi connectivity index (χ0n) is 14.5. The van der Waals surface area contributed by atoms with Crippen molar-refractivity contribution in [3.05, 3.63) is 62.5 Å². The standard InChI is InChI=1S/C19H14Cl2FN3O3/c20-13-3-1-2-11(17(13)21)16-14(22)5-4-12-18(16)23-10-15(25(26)27)19(12)24-6-8-28-9-7-24/h1-5,10H,6-9H2. The molecule has 0 radical (unpaired) electrons. The van der Waals surface area contributed by atoms with Crippen molar-refractivity contribution in [2.24, 2.45) is 0 Å². The summed E-state index contributed by atoms with van der Waals surface area (Å²) < 4.78 is 20.2. The molecule has 2 heterocycles. The van der Waals surface area contributed by atoms with Gasteiger partial charge in [0.05, 0.1) is 33.7 Å². The Balaban J connectivity index is 2.04. The van der Waals surface area contributed by atoms with Gasteiger partial charge in [-0.15, -0.1) is 0 Å². The molecule has 0 bridgehead atoms. The van der Waals surface area contributed by atoms with E-state index in [0.717, 1.165) is 6.20 Å². The predicted molar refractivity (Wildman–Crippen MR) is 107 cm³/mol. The number of aromatic nitrogens is 1. The van der Waals surface area contributed by atoms with Crippen molar-refractivity contribution in [2.45, 2.75) is 0 Å². The summed E-state index contributed by atoms with van der Waals surface area (Å²) in [5, 5.41) is 12.6. The third-order valence-electron chi connectivity index (χ3n) is 4.69. The summed E-state index contributed by atoms with van der Waals surface area (Å²) in [5.41, 5.74) is 1.10. The fourth-order valence-electron chi connectivity index (χ4n) is 3.42. The summed E-state index contributed by atoms with van der Waals surface area (Å²) >= 11 is 12.4. The highest BCUT2D eigenvalue weighted by Crippen LogP contribution is 2.42. The molecule has 9 heteroatoms. The van der Waals surface area contributed by atoms with Crippen LogP contribution in [0.15, 0.2) is 36.5 Å². The highest BCUT2D eigenvalue weighted by Gasteiger charge is 2.27. The highest BCUT2D eigenvalue weighted by atomic mass is 35.5. The van der Waals surface area contributed by atoms with Gasteiger partial charge in [-0.2, -0.15) is 0 Å². The van der Waals surface area contributed by atoms with Crippen LogP contribution in [0, 0.1) is 15.9 Å². The van der Waals surface area contributed by atoms with Gasteiger partial charge in [-0.25, -0.2) is 9.37 Å². The molecule has 4 rings (SSSR count). The SMILES string of the molecule is O=[N+]([O-])c1cnc2c(-c3cccc(Cl)c3Cl)c(F)ccc2c1N1CCOCC1. The van der Waals surface area contributed by atoms with Gasteiger partial charge in [-0.1, -0.05) is 35.3 Å². The van der Waals surface area contributed by atoms with Crippen molar-refractivity contribution in [1.29, 1.82) is 0 Å². The lowest BCUT2D eigenvalue weighted by molar-refractivity contribution is -0.384. The van der Waals surface area contributed by atoms with Crippen LogP contribution in [0.3, 0.4) is 0 Å². The van der Waals surface area contributed by atoms with Gasteiger partial charge >= 0.3 is 5.69 Å². The first-order chi connectivity index (χ1) is 13.5. The van der Waals surface area contributed by atoms with E-state index in [0.29, 0.717) is 42.9 Å². The lowest BCUT2D eigenvalue weighted by Crippen LogP contribution is -2.36. The molecule has 0 N–H and O–H groups in total. The minimum absolute atomic E-state index is 0.135. The summed E-state index contributed by atoms with van der Waals surface area (Å²) in [7, 11) is 0. The monoisotopic (exact) mass is 421 g/mol. The highest BCUT2D eigenvalue weighted by molar-refractivity contribution is 6.44. The molecule has 0 amide bonds. The van der Waals surface area contributed by atoms with Gasteiger partial charge in [-0.3, -0.25) is 10.1 Å². The number of rotatable bonds is 3. The molecule has 0 aliphatic carbocycles.